The van der Waals surface area contributed by atoms with Crippen LogP contribution in [0, 0.1) is 5.82 Å². The van der Waals surface area contributed by atoms with Crippen LogP contribution in [0.25, 0.3) is 21.6 Å². The monoisotopic (exact) mass is 513 g/mol. The lowest BCUT2D eigenvalue weighted by molar-refractivity contribution is 0.122. The van der Waals surface area contributed by atoms with E-state index in [0.717, 1.165) is 33.1 Å². The first-order chi connectivity index (χ1) is 16.9. The summed E-state index contributed by atoms with van der Waals surface area (Å²) in [5.41, 5.74) is 7.83. The molecule has 3 aromatic heterocycles. The summed E-state index contributed by atoms with van der Waals surface area (Å²) in [5.74, 6) is 0.903. The third-order valence-electron chi connectivity index (χ3n) is 6.04. The zero-order valence-corrected chi connectivity index (χ0v) is 20.0. The molecular formula is C22H20FN7O3S2. The molecule has 1 fully saturated rings. The molecule has 35 heavy (non-hydrogen) atoms. The molecule has 2 N–H and O–H groups in total. The number of sulfonamides is 1. The highest BCUT2D eigenvalue weighted by atomic mass is 32.2. The number of ether oxygens (including phenoxy) is 1. The predicted octanol–water partition coefficient (Wildman–Crippen LogP) is 2.41. The van der Waals surface area contributed by atoms with Crippen molar-refractivity contribution in [1.82, 2.24) is 24.2 Å². The number of halogens is 1. The molecule has 0 spiro atoms. The van der Waals surface area contributed by atoms with E-state index in [1.54, 1.807) is 12.4 Å². The Morgan fingerprint density at radius 3 is 2.46 bits per heavy atom. The Balaban J connectivity index is 1.44. The van der Waals surface area contributed by atoms with Crippen LogP contribution in [0.2, 0.25) is 0 Å². The summed E-state index contributed by atoms with van der Waals surface area (Å²) in [6.07, 6.45) is 3.15. The topological polar surface area (TPSA) is 127 Å². The normalized spacial score (nSPS) is 16.7. The molecule has 13 heteroatoms. The summed E-state index contributed by atoms with van der Waals surface area (Å²) in [7, 11) is -3.79. The van der Waals surface area contributed by atoms with Crippen molar-refractivity contribution in [2.45, 2.75) is 18.0 Å². The average molecular weight is 514 g/mol. The van der Waals surface area contributed by atoms with Crippen molar-refractivity contribution in [3.63, 3.8) is 0 Å². The number of benzene rings is 1. The summed E-state index contributed by atoms with van der Waals surface area (Å²) in [6, 6.07) is 4.87. The maximum Gasteiger partial charge on any atom is 0.243 e. The van der Waals surface area contributed by atoms with Gasteiger partial charge in [0.15, 0.2) is 11.6 Å². The molecule has 2 aliphatic heterocycles. The first-order valence-electron chi connectivity index (χ1n) is 10.9. The van der Waals surface area contributed by atoms with Crippen LogP contribution >= 0.6 is 11.3 Å². The molecule has 180 valence electrons. The Bertz CT molecular complexity index is 1520. The Morgan fingerprint density at radius 2 is 1.74 bits per heavy atom. The van der Waals surface area contributed by atoms with E-state index in [1.807, 2.05) is 0 Å². The molecule has 0 unspecified atom stereocenters. The highest BCUT2D eigenvalue weighted by molar-refractivity contribution is 7.89. The van der Waals surface area contributed by atoms with Crippen molar-refractivity contribution in [1.29, 1.82) is 0 Å². The zero-order chi connectivity index (χ0) is 24.2. The maximum atomic E-state index is 13.3. The Labute approximate surface area is 204 Å². The minimum Gasteiger partial charge on any atom is -0.378 e. The van der Waals surface area contributed by atoms with Crippen molar-refractivity contribution < 1.29 is 17.5 Å². The minimum absolute atomic E-state index is 0.0571. The lowest BCUT2D eigenvalue weighted by Gasteiger charge is -2.28. The van der Waals surface area contributed by atoms with Crippen LogP contribution in [-0.2, 0) is 27.8 Å². The van der Waals surface area contributed by atoms with E-state index in [4.69, 9.17) is 20.4 Å². The molecule has 0 radical (unpaired) electrons. The smallest absolute Gasteiger partial charge is 0.243 e. The number of rotatable bonds is 4. The van der Waals surface area contributed by atoms with Gasteiger partial charge in [0.25, 0.3) is 0 Å². The molecule has 2 aliphatic rings. The fourth-order valence-corrected chi connectivity index (χ4v) is 6.98. The standard InChI is InChI=1S/C22H20FN7O3S2/c23-14-1-3-15(4-2-14)35(31,32)30-11-16-17(12-30)34-19-18(16)27-20(13-9-25-22(24)26-10-13)28-21(19)29-5-7-33-8-6-29/h1-4,9-10H,5-8,11-12H2,(H2,24,25,26). The van der Waals surface area contributed by atoms with E-state index < -0.39 is 15.8 Å². The number of nitrogen functional groups attached to an aromatic ring is 1. The summed E-state index contributed by atoms with van der Waals surface area (Å²) in [5, 5.41) is 0. The van der Waals surface area contributed by atoms with Crippen molar-refractivity contribution in [3.05, 3.63) is 52.9 Å². The fourth-order valence-electron chi connectivity index (χ4n) is 4.23. The summed E-state index contributed by atoms with van der Waals surface area (Å²) in [4.78, 5) is 20.9. The molecular weight excluding hydrogens is 493 g/mol. The number of hydrogen-bond donors (Lipinski definition) is 1. The van der Waals surface area contributed by atoms with E-state index in [-0.39, 0.29) is 23.9 Å². The summed E-state index contributed by atoms with van der Waals surface area (Å²) < 4.78 is 47.6. The number of thiophene rings is 1. The van der Waals surface area contributed by atoms with Gasteiger partial charge in [0, 0.05) is 49.0 Å². The Morgan fingerprint density at radius 1 is 1.03 bits per heavy atom. The molecule has 0 saturated carbocycles. The van der Waals surface area contributed by atoms with Gasteiger partial charge >= 0.3 is 0 Å². The van der Waals surface area contributed by atoms with Gasteiger partial charge in [0.2, 0.25) is 16.0 Å². The first kappa shape index (κ1) is 22.2. The molecule has 0 aliphatic carbocycles. The van der Waals surface area contributed by atoms with Crippen molar-refractivity contribution >= 4 is 43.3 Å². The SMILES string of the molecule is Nc1ncc(-c2nc(N3CCOCC3)c3sc4c(c3n2)CN(S(=O)(=O)c2ccc(F)cc2)C4)cn1. The van der Waals surface area contributed by atoms with Gasteiger partial charge in [-0.25, -0.2) is 32.7 Å². The van der Waals surface area contributed by atoms with Crippen LogP contribution in [0.5, 0.6) is 0 Å². The fraction of sp³-hybridized carbons (Fsp3) is 0.273. The average Bonchev–Trinajstić information content (AvgIpc) is 3.44. The molecule has 5 heterocycles. The van der Waals surface area contributed by atoms with E-state index in [9.17, 15) is 12.8 Å². The Hall–Kier alpha value is -3.26. The second-order valence-electron chi connectivity index (χ2n) is 8.21. The quantitative estimate of drug-likeness (QED) is 0.437. The number of anilines is 2. The first-order valence-corrected chi connectivity index (χ1v) is 13.1. The van der Waals surface area contributed by atoms with Crippen LogP contribution < -0.4 is 10.6 Å². The molecule has 0 amide bonds. The van der Waals surface area contributed by atoms with Gasteiger partial charge < -0.3 is 15.4 Å². The number of nitrogens with two attached hydrogens (primary N) is 1. The number of hydrogen-bond acceptors (Lipinski definition) is 10. The third-order valence-corrected chi connectivity index (χ3v) is 9.05. The number of aromatic nitrogens is 4. The van der Waals surface area contributed by atoms with Crippen LogP contribution in [-0.4, -0.2) is 59.0 Å². The van der Waals surface area contributed by atoms with Crippen molar-refractivity contribution in [2.24, 2.45) is 0 Å². The molecule has 6 rings (SSSR count). The van der Waals surface area contributed by atoms with Gasteiger partial charge in [0.05, 0.1) is 33.9 Å². The molecule has 4 aromatic rings. The largest absolute Gasteiger partial charge is 0.378 e. The minimum atomic E-state index is -3.79. The second kappa shape index (κ2) is 8.45. The summed E-state index contributed by atoms with van der Waals surface area (Å²) >= 11 is 1.51. The maximum absolute atomic E-state index is 13.3. The van der Waals surface area contributed by atoms with Crippen molar-refractivity contribution in [2.75, 3.05) is 36.9 Å². The highest BCUT2D eigenvalue weighted by Gasteiger charge is 2.35. The van der Waals surface area contributed by atoms with E-state index >= 15 is 0 Å². The molecule has 1 aromatic carbocycles. The van der Waals surface area contributed by atoms with E-state index in [1.165, 1.54) is 27.8 Å². The van der Waals surface area contributed by atoms with Gasteiger partial charge in [-0.2, -0.15) is 4.31 Å². The van der Waals surface area contributed by atoms with Crippen LogP contribution in [0.4, 0.5) is 16.2 Å². The number of morpholine rings is 1. The van der Waals surface area contributed by atoms with Gasteiger partial charge in [-0.15, -0.1) is 11.3 Å². The van der Waals surface area contributed by atoms with Crippen LogP contribution in [0.15, 0.2) is 41.6 Å². The Kier molecular flexibility index (Phi) is 5.36. The van der Waals surface area contributed by atoms with Crippen molar-refractivity contribution in [3.8, 4) is 11.4 Å². The molecule has 0 bridgehead atoms. The number of fused-ring (bicyclic) bond motifs is 3. The molecule has 0 atom stereocenters. The van der Waals surface area contributed by atoms with Gasteiger partial charge in [-0.05, 0) is 24.3 Å². The highest BCUT2D eigenvalue weighted by Crippen LogP contribution is 2.43. The second-order valence-corrected chi connectivity index (χ2v) is 11.3. The molecule has 1 saturated heterocycles. The van der Waals surface area contributed by atoms with Crippen LogP contribution in [0.1, 0.15) is 10.4 Å². The van der Waals surface area contributed by atoms with Gasteiger partial charge in [0.1, 0.15) is 5.82 Å². The van der Waals surface area contributed by atoms with E-state index in [2.05, 4.69) is 14.9 Å². The van der Waals surface area contributed by atoms with Crippen LogP contribution in [0.3, 0.4) is 0 Å². The van der Waals surface area contributed by atoms with Gasteiger partial charge in [-0.1, -0.05) is 0 Å². The number of nitrogens with zero attached hydrogens (tertiary/aromatic N) is 6. The zero-order valence-electron chi connectivity index (χ0n) is 18.4. The molecule has 10 nitrogen and oxygen atoms in total. The predicted molar refractivity (Wildman–Crippen MR) is 129 cm³/mol. The summed E-state index contributed by atoms with van der Waals surface area (Å²) in [6.45, 7) is 2.97. The van der Waals surface area contributed by atoms with Gasteiger partial charge in [-0.3, -0.25) is 0 Å². The third kappa shape index (κ3) is 3.89. The lowest BCUT2D eigenvalue weighted by atomic mass is 10.2. The van der Waals surface area contributed by atoms with E-state index in [0.29, 0.717) is 43.2 Å². The lowest BCUT2D eigenvalue weighted by Crippen LogP contribution is -2.37.